The molecular formula is C16H24FNO2. The zero-order valence-electron chi connectivity index (χ0n) is 12.1. The zero-order chi connectivity index (χ0) is 14.6. The molecule has 2 N–H and O–H groups in total. The number of hydrogen-bond donors (Lipinski definition) is 2. The maximum Gasteiger partial charge on any atom is 0.123 e. The summed E-state index contributed by atoms with van der Waals surface area (Å²) in [4.78, 5) is 2.07. The van der Waals surface area contributed by atoms with Gasteiger partial charge in [0.2, 0.25) is 0 Å². The van der Waals surface area contributed by atoms with Crippen LogP contribution in [0.4, 0.5) is 4.39 Å². The van der Waals surface area contributed by atoms with E-state index in [1.54, 1.807) is 12.1 Å². The molecule has 0 amide bonds. The smallest absolute Gasteiger partial charge is 0.123 e. The summed E-state index contributed by atoms with van der Waals surface area (Å²) < 4.78 is 12.8. The van der Waals surface area contributed by atoms with Gasteiger partial charge in [-0.05, 0) is 44.0 Å². The van der Waals surface area contributed by atoms with E-state index in [9.17, 15) is 14.6 Å². The normalized spacial score (nSPS) is 19.4. The molecule has 3 nitrogen and oxygen atoms in total. The Morgan fingerprint density at radius 1 is 1.25 bits per heavy atom. The lowest BCUT2D eigenvalue weighted by atomic mass is 10.0. The van der Waals surface area contributed by atoms with Crippen LogP contribution in [0.1, 0.15) is 43.8 Å². The van der Waals surface area contributed by atoms with E-state index in [4.69, 9.17) is 0 Å². The van der Waals surface area contributed by atoms with Crippen molar-refractivity contribution in [3.05, 3.63) is 35.6 Å². The van der Waals surface area contributed by atoms with Crippen LogP contribution < -0.4 is 0 Å². The van der Waals surface area contributed by atoms with E-state index in [-0.39, 0.29) is 5.82 Å². The fourth-order valence-electron chi connectivity index (χ4n) is 2.97. The van der Waals surface area contributed by atoms with E-state index >= 15 is 0 Å². The van der Waals surface area contributed by atoms with E-state index in [2.05, 4.69) is 4.90 Å². The minimum Gasteiger partial charge on any atom is -0.389 e. The number of benzene rings is 1. The van der Waals surface area contributed by atoms with Gasteiger partial charge in [-0.1, -0.05) is 25.0 Å². The van der Waals surface area contributed by atoms with E-state index < -0.39 is 11.7 Å². The Kier molecular flexibility index (Phi) is 5.13. The largest absolute Gasteiger partial charge is 0.389 e. The number of aliphatic hydroxyl groups is 2. The van der Waals surface area contributed by atoms with Crippen molar-refractivity contribution in [2.75, 3.05) is 20.1 Å². The summed E-state index contributed by atoms with van der Waals surface area (Å²) in [5.41, 5.74) is 0.189. The van der Waals surface area contributed by atoms with E-state index in [1.807, 2.05) is 7.05 Å². The maximum absolute atomic E-state index is 12.8. The van der Waals surface area contributed by atoms with E-state index in [0.717, 1.165) is 31.2 Å². The van der Waals surface area contributed by atoms with Crippen LogP contribution in [0.2, 0.25) is 0 Å². The first kappa shape index (κ1) is 15.4. The lowest BCUT2D eigenvalue weighted by Gasteiger charge is -2.29. The molecule has 0 aliphatic heterocycles. The van der Waals surface area contributed by atoms with E-state index in [0.29, 0.717) is 19.5 Å². The molecule has 1 fully saturated rings. The maximum atomic E-state index is 12.8. The summed E-state index contributed by atoms with van der Waals surface area (Å²) in [7, 11) is 1.97. The van der Waals surface area contributed by atoms with Crippen LogP contribution in [-0.4, -0.2) is 40.9 Å². The van der Waals surface area contributed by atoms with Crippen molar-refractivity contribution in [3.8, 4) is 0 Å². The Morgan fingerprint density at radius 3 is 2.45 bits per heavy atom. The summed E-state index contributed by atoms with van der Waals surface area (Å²) in [6, 6.07) is 5.96. The highest BCUT2D eigenvalue weighted by atomic mass is 19.1. The first-order valence-corrected chi connectivity index (χ1v) is 7.33. The molecule has 1 aliphatic rings. The summed E-state index contributed by atoms with van der Waals surface area (Å²) in [5.74, 6) is -0.290. The average Bonchev–Trinajstić information content (AvgIpc) is 2.83. The van der Waals surface area contributed by atoms with Crippen LogP contribution in [0.5, 0.6) is 0 Å². The van der Waals surface area contributed by atoms with Crippen molar-refractivity contribution in [2.45, 2.75) is 43.8 Å². The number of halogens is 1. The Hall–Kier alpha value is -0.970. The molecular weight excluding hydrogens is 257 g/mol. The van der Waals surface area contributed by atoms with Gasteiger partial charge in [0.25, 0.3) is 0 Å². The number of hydrogen-bond acceptors (Lipinski definition) is 3. The first-order chi connectivity index (χ1) is 9.48. The third-order valence-electron chi connectivity index (χ3n) is 4.14. The predicted molar refractivity (Wildman–Crippen MR) is 76.9 cm³/mol. The monoisotopic (exact) mass is 281 g/mol. The molecule has 0 aromatic heterocycles. The molecule has 0 spiro atoms. The highest BCUT2D eigenvalue weighted by Gasteiger charge is 2.32. The van der Waals surface area contributed by atoms with Crippen molar-refractivity contribution in [1.82, 2.24) is 4.90 Å². The number of nitrogens with zero attached hydrogens (tertiary/aromatic N) is 1. The van der Waals surface area contributed by atoms with Gasteiger partial charge in [-0.3, -0.25) is 0 Å². The number of likely N-dealkylation sites (N-methyl/N-ethyl adjacent to an activating group) is 1. The molecule has 1 unspecified atom stereocenters. The molecule has 112 valence electrons. The first-order valence-electron chi connectivity index (χ1n) is 7.33. The zero-order valence-corrected chi connectivity index (χ0v) is 12.1. The third kappa shape index (κ3) is 4.27. The Bertz CT molecular complexity index is 415. The topological polar surface area (TPSA) is 43.7 Å². The van der Waals surface area contributed by atoms with Gasteiger partial charge in [0.05, 0.1) is 11.7 Å². The van der Waals surface area contributed by atoms with Gasteiger partial charge in [-0.25, -0.2) is 4.39 Å². The van der Waals surface area contributed by atoms with Crippen molar-refractivity contribution in [2.24, 2.45) is 0 Å². The van der Waals surface area contributed by atoms with Crippen LogP contribution >= 0.6 is 0 Å². The highest BCUT2D eigenvalue weighted by Crippen LogP contribution is 2.30. The van der Waals surface area contributed by atoms with Gasteiger partial charge >= 0.3 is 0 Å². The van der Waals surface area contributed by atoms with Crippen LogP contribution in [0.15, 0.2) is 24.3 Å². The summed E-state index contributed by atoms with van der Waals surface area (Å²) >= 11 is 0. The quantitative estimate of drug-likeness (QED) is 0.842. The molecule has 0 radical (unpaired) electrons. The Morgan fingerprint density at radius 2 is 1.85 bits per heavy atom. The van der Waals surface area contributed by atoms with Gasteiger partial charge in [0.1, 0.15) is 5.82 Å². The predicted octanol–water partition coefficient (Wildman–Crippen LogP) is 2.49. The Balaban J connectivity index is 1.77. The molecule has 1 saturated carbocycles. The lowest BCUT2D eigenvalue weighted by molar-refractivity contribution is 0.0129. The van der Waals surface area contributed by atoms with Crippen LogP contribution in [0.25, 0.3) is 0 Å². The van der Waals surface area contributed by atoms with Crippen molar-refractivity contribution in [3.63, 3.8) is 0 Å². The third-order valence-corrected chi connectivity index (χ3v) is 4.14. The molecule has 2 rings (SSSR count). The molecule has 0 heterocycles. The van der Waals surface area contributed by atoms with Gasteiger partial charge in [-0.15, -0.1) is 0 Å². The second kappa shape index (κ2) is 6.66. The van der Waals surface area contributed by atoms with Gasteiger partial charge in [-0.2, -0.15) is 0 Å². The minimum atomic E-state index is -0.587. The van der Waals surface area contributed by atoms with Gasteiger partial charge < -0.3 is 15.1 Å². The summed E-state index contributed by atoms with van der Waals surface area (Å²) in [5, 5.41) is 20.4. The van der Waals surface area contributed by atoms with Crippen molar-refractivity contribution < 1.29 is 14.6 Å². The Labute approximate surface area is 120 Å². The molecule has 4 heteroatoms. The number of rotatable bonds is 6. The number of aliphatic hydroxyl groups excluding tert-OH is 1. The van der Waals surface area contributed by atoms with E-state index in [1.165, 1.54) is 12.1 Å². The molecule has 20 heavy (non-hydrogen) atoms. The fraction of sp³-hybridized carbons (Fsp3) is 0.625. The summed E-state index contributed by atoms with van der Waals surface area (Å²) in [6.07, 6.45) is 3.94. The molecule has 0 saturated heterocycles. The second-order valence-electron chi connectivity index (χ2n) is 6.03. The SMILES string of the molecule is CN(CCC(O)c1ccc(F)cc1)CC1(O)CCCC1. The lowest BCUT2D eigenvalue weighted by Crippen LogP contribution is -2.39. The molecule has 1 atom stereocenters. The van der Waals surface area contributed by atoms with Crippen LogP contribution in [-0.2, 0) is 0 Å². The minimum absolute atomic E-state index is 0.290. The van der Waals surface area contributed by atoms with Crippen molar-refractivity contribution >= 4 is 0 Å². The molecule has 1 aromatic carbocycles. The molecule has 0 bridgehead atoms. The van der Waals surface area contributed by atoms with Crippen molar-refractivity contribution in [1.29, 1.82) is 0 Å². The van der Waals surface area contributed by atoms with Crippen LogP contribution in [0, 0.1) is 5.82 Å². The standard InChI is InChI=1S/C16H24FNO2/c1-18(12-16(20)9-2-3-10-16)11-8-15(19)13-4-6-14(17)7-5-13/h4-7,15,19-20H,2-3,8-12H2,1H3. The molecule has 1 aromatic rings. The van der Waals surface area contributed by atoms with Crippen LogP contribution in [0.3, 0.4) is 0 Å². The highest BCUT2D eigenvalue weighted by molar-refractivity contribution is 5.18. The summed E-state index contributed by atoms with van der Waals surface area (Å²) in [6.45, 7) is 1.37. The van der Waals surface area contributed by atoms with Gasteiger partial charge in [0.15, 0.2) is 0 Å². The fourth-order valence-corrected chi connectivity index (χ4v) is 2.97. The second-order valence-corrected chi connectivity index (χ2v) is 6.03. The average molecular weight is 281 g/mol. The van der Waals surface area contributed by atoms with Gasteiger partial charge in [0, 0.05) is 13.1 Å². The molecule has 1 aliphatic carbocycles.